The van der Waals surface area contributed by atoms with Crippen molar-refractivity contribution in [2.75, 3.05) is 19.6 Å². The molecule has 0 unspecified atom stereocenters. The van der Waals surface area contributed by atoms with E-state index in [1.165, 1.54) is 0 Å². The molecule has 1 aliphatic rings. The summed E-state index contributed by atoms with van der Waals surface area (Å²) < 4.78 is 11.9. The van der Waals surface area contributed by atoms with E-state index in [2.05, 4.69) is 21.2 Å². The Kier molecular flexibility index (Phi) is 5.79. The Bertz CT molecular complexity index is 832. The van der Waals surface area contributed by atoms with E-state index in [1.54, 1.807) is 6.07 Å². The Hall–Kier alpha value is -2.02. The lowest BCUT2D eigenvalue weighted by Crippen LogP contribution is -2.42. The van der Waals surface area contributed by atoms with Gasteiger partial charge >= 0.3 is 6.09 Å². The van der Waals surface area contributed by atoms with Crippen molar-refractivity contribution in [1.82, 2.24) is 10.2 Å². The molecule has 0 saturated carbocycles. The SMILES string of the molecule is CC(C)(C)OC(=O)NCC1CCN(C(=O)c2cc3cc(Br)ccc3o2)CC1. The van der Waals surface area contributed by atoms with Crippen molar-refractivity contribution >= 4 is 38.9 Å². The van der Waals surface area contributed by atoms with Crippen LogP contribution in [0, 0.1) is 5.92 Å². The molecule has 1 aromatic carbocycles. The first kappa shape index (κ1) is 19.7. The van der Waals surface area contributed by atoms with E-state index in [4.69, 9.17) is 9.15 Å². The predicted molar refractivity (Wildman–Crippen MR) is 107 cm³/mol. The van der Waals surface area contributed by atoms with Gasteiger partial charge in [0.2, 0.25) is 0 Å². The lowest BCUT2D eigenvalue weighted by atomic mass is 9.96. The van der Waals surface area contributed by atoms with Gasteiger partial charge in [0.05, 0.1) is 0 Å². The molecule has 3 rings (SSSR count). The summed E-state index contributed by atoms with van der Waals surface area (Å²) in [5.41, 5.74) is 0.208. The third kappa shape index (κ3) is 5.25. The molecule has 2 amide bonds. The first-order valence-corrected chi connectivity index (χ1v) is 9.96. The van der Waals surface area contributed by atoms with Gasteiger partial charge in [-0.2, -0.15) is 0 Å². The zero-order valence-corrected chi connectivity index (χ0v) is 17.5. The third-order valence-electron chi connectivity index (χ3n) is 4.52. The molecular weight excluding hydrogens is 412 g/mol. The minimum Gasteiger partial charge on any atom is -0.451 e. The summed E-state index contributed by atoms with van der Waals surface area (Å²) in [6, 6.07) is 7.47. The molecule has 0 radical (unpaired) electrons. The molecule has 0 aliphatic carbocycles. The van der Waals surface area contributed by atoms with E-state index in [1.807, 2.05) is 43.9 Å². The molecule has 2 heterocycles. The Labute approximate surface area is 167 Å². The molecule has 1 aliphatic heterocycles. The van der Waals surface area contributed by atoms with Gasteiger partial charge in [-0.25, -0.2) is 4.79 Å². The maximum absolute atomic E-state index is 12.7. The van der Waals surface area contributed by atoms with Crippen molar-refractivity contribution in [1.29, 1.82) is 0 Å². The fraction of sp³-hybridized carbons (Fsp3) is 0.500. The van der Waals surface area contributed by atoms with E-state index in [0.29, 0.717) is 36.9 Å². The van der Waals surface area contributed by atoms with Gasteiger partial charge in [-0.05, 0) is 63.8 Å². The lowest BCUT2D eigenvalue weighted by Gasteiger charge is -2.31. The number of furan rings is 1. The van der Waals surface area contributed by atoms with Crippen LogP contribution < -0.4 is 5.32 Å². The van der Waals surface area contributed by atoms with Gasteiger partial charge in [0.15, 0.2) is 5.76 Å². The number of rotatable bonds is 3. The van der Waals surface area contributed by atoms with E-state index in [-0.39, 0.29) is 5.91 Å². The first-order valence-electron chi connectivity index (χ1n) is 9.16. The zero-order valence-electron chi connectivity index (χ0n) is 15.9. The highest BCUT2D eigenvalue weighted by atomic mass is 79.9. The number of likely N-dealkylation sites (tertiary alicyclic amines) is 1. The topological polar surface area (TPSA) is 71.8 Å². The summed E-state index contributed by atoms with van der Waals surface area (Å²) in [6.45, 7) is 7.39. The maximum Gasteiger partial charge on any atom is 0.407 e. The molecule has 6 nitrogen and oxygen atoms in total. The highest BCUT2D eigenvalue weighted by molar-refractivity contribution is 9.10. The number of nitrogens with zero attached hydrogens (tertiary/aromatic N) is 1. The van der Waals surface area contributed by atoms with Crippen LogP contribution in [0.4, 0.5) is 4.79 Å². The van der Waals surface area contributed by atoms with Crippen LogP contribution in [0.25, 0.3) is 11.0 Å². The van der Waals surface area contributed by atoms with Gasteiger partial charge in [0.1, 0.15) is 11.2 Å². The third-order valence-corrected chi connectivity index (χ3v) is 5.02. The Balaban J connectivity index is 1.51. The highest BCUT2D eigenvalue weighted by Crippen LogP contribution is 2.25. The zero-order chi connectivity index (χ0) is 19.6. The second-order valence-electron chi connectivity index (χ2n) is 7.91. The van der Waals surface area contributed by atoms with Crippen molar-refractivity contribution in [3.63, 3.8) is 0 Å². The molecule has 0 bridgehead atoms. The summed E-state index contributed by atoms with van der Waals surface area (Å²) in [6.07, 6.45) is 1.29. The van der Waals surface area contributed by atoms with E-state index >= 15 is 0 Å². The van der Waals surface area contributed by atoms with Gasteiger partial charge in [0.25, 0.3) is 5.91 Å². The number of hydrogen-bond acceptors (Lipinski definition) is 4. The quantitative estimate of drug-likeness (QED) is 0.764. The minimum atomic E-state index is -0.498. The minimum absolute atomic E-state index is 0.0825. The van der Waals surface area contributed by atoms with Crippen molar-refractivity contribution in [2.45, 2.75) is 39.2 Å². The molecule has 27 heavy (non-hydrogen) atoms. The maximum atomic E-state index is 12.7. The van der Waals surface area contributed by atoms with Gasteiger partial charge in [-0.15, -0.1) is 0 Å². The van der Waals surface area contributed by atoms with Crippen LogP contribution in [0.15, 0.2) is 33.2 Å². The number of benzene rings is 1. The Morgan fingerprint density at radius 3 is 2.63 bits per heavy atom. The van der Waals surface area contributed by atoms with Crippen molar-refractivity contribution < 1.29 is 18.7 Å². The number of ether oxygens (including phenoxy) is 1. The van der Waals surface area contributed by atoms with Gasteiger partial charge < -0.3 is 19.4 Å². The molecule has 0 spiro atoms. The van der Waals surface area contributed by atoms with Gasteiger partial charge in [0, 0.05) is 29.5 Å². The summed E-state index contributed by atoms with van der Waals surface area (Å²) in [5, 5.41) is 3.73. The van der Waals surface area contributed by atoms with E-state index < -0.39 is 11.7 Å². The van der Waals surface area contributed by atoms with Crippen molar-refractivity contribution in [3.05, 3.63) is 34.5 Å². The molecule has 0 atom stereocenters. The molecule has 1 N–H and O–H groups in total. The monoisotopic (exact) mass is 436 g/mol. The Morgan fingerprint density at radius 2 is 1.96 bits per heavy atom. The van der Waals surface area contributed by atoms with Crippen molar-refractivity contribution in [3.8, 4) is 0 Å². The average Bonchev–Trinajstić information content (AvgIpc) is 3.01. The summed E-state index contributed by atoms with van der Waals surface area (Å²) >= 11 is 3.43. The molecule has 1 saturated heterocycles. The molecule has 2 aromatic rings. The number of nitrogens with one attached hydrogen (secondary N) is 1. The second kappa shape index (κ2) is 7.92. The number of hydrogen-bond donors (Lipinski definition) is 1. The normalized spacial score (nSPS) is 15.8. The number of fused-ring (bicyclic) bond motifs is 1. The standard InChI is InChI=1S/C20H25BrN2O4/c1-20(2,3)27-19(25)22-12-13-6-8-23(9-7-13)18(24)17-11-14-10-15(21)4-5-16(14)26-17/h4-5,10-11,13H,6-9,12H2,1-3H3,(H,22,25). The summed E-state index contributed by atoms with van der Waals surface area (Å²) in [7, 11) is 0. The van der Waals surface area contributed by atoms with E-state index in [9.17, 15) is 9.59 Å². The molecular formula is C20H25BrN2O4. The number of alkyl carbamates (subject to hydrolysis) is 1. The Morgan fingerprint density at radius 1 is 1.26 bits per heavy atom. The van der Waals surface area contributed by atoms with Crippen LogP contribution in [-0.2, 0) is 4.74 Å². The molecule has 1 aromatic heterocycles. The smallest absolute Gasteiger partial charge is 0.407 e. The average molecular weight is 437 g/mol. The number of halogens is 1. The van der Waals surface area contributed by atoms with Crippen LogP contribution in [0.1, 0.15) is 44.2 Å². The number of amides is 2. The first-order chi connectivity index (χ1) is 12.7. The second-order valence-corrected chi connectivity index (χ2v) is 8.83. The number of carbonyl (C=O) groups excluding carboxylic acids is 2. The van der Waals surface area contributed by atoms with Crippen molar-refractivity contribution in [2.24, 2.45) is 5.92 Å². The molecule has 1 fully saturated rings. The predicted octanol–water partition coefficient (Wildman–Crippen LogP) is 4.57. The fourth-order valence-corrected chi connectivity index (χ4v) is 3.54. The number of carbonyl (C=O) groups is 2. The van der Waals surface area contributed by atoms with Crippen LogP contribution >= 0.6 is 15.9 Å². The molecule has 7 heteroatoms. The fourth-order valence-electron chi connectivity index (χ4n) is 3.16. The lowest BCUT2D eigenvalue weighted by molar-refractivity contribution is 0.0498. The summed E-state index contributed by atoms with van der Waals surface area (Å²) in [4.78, 5) is 26.3. The van der Waals surface area contributed by atoms with E-state index in [0.717, 1.165) is 22.7 Å². The summed E-state index contributed by atoms with van der Waals surface area (Å²) in [5.74, 6) is 0.627. The van der Waals surface area contributed by atoms with Crippen LogP contribution in [0.2, 0.25) is 0 Å². The van der Waals surface area contributed by atoms with Crippen LogP contribution in [0.5, 0.6) is 0 Å². The van der Waals surface area contributed by atoms with Gasteiger partial charge in [-0.3, -0.25) is 4.79 Å². The van der Waals surface area contributed by atoms with Gasteiger partial charge in [-0.1, -0.05) is 15.9 Å². The largest absolute Gasteiger partial charge is 0.451 e. The number of piperidine rings is 1. The highest BCUT2D eigenvalue weighted by Gasteiger charge is 2.26. The van der Waals surface area contributed by atoms with Crippen LogP contribution in [-0.4, -0.2) is 42.1 Å². The molecule has 146 valence electrons. The van der Waals surface area contributed by atoms with Crippen LogP contribution in [0.3, 0.4) is 0 Å².